The molecule has 0 aromatic carbocycles. The van der Waals surface area contributed by atoms with Gasteiger partial charge in [0.1, 0.15) is 5.82 Å². The van der Waals surface area contributed by atoms with Crippen LogP contribution in [0.3, 0.4) is 0 Å². The van der Waals surface area contributed by atoms with Crippen molar-refractivity contribution in [1.29, 1.82) is 0 Å². The van der Waals surface area contributed by atoms with Crippen LogP contribution >= 0.6 is 22.9 Å². The number of rotatable bonds is 4. The third-order valence-electron chi connectivity index (χ3n) is 2.55. The van der Waals surface area contributed by atoms with E-state index in [4.69, 9.17) is 11.6 Å². The van der Waals surface area contributed by atoms with Crippen molar-refractivity contribution < 1.29 is 0 Å². The molecule has 4 heteroatoms. The van der Waals surface area contributed by atoms with Crippen LogP contribution in [0, 0.1) is 5.92 Å². The van der Waals surface area contributed by atoms with Crippen molar-refractivity contribution in [2.45, 2.75) is 19.9 Å². The molecule has 0 bridgehead atoms. The summed E-state index contributed by atoms with van der Waals surface area (Å²) in [6, 6.07) is 8.28. The topological polar surface area (TPSA) is 24.9 Å². The third kappa shape index (κ3) is 3.20. The molecule has 0 saturated carbocycles. The maximum atomic E-state index is 5.82. The number of nitrogens with one attached hydrogen (secondary N) is 1. The second kappa shape index (κ2) is 5.52. The van der Waals surface area contributed by atoms with Crippen LogP contribution in [0.25, 0.3) is 0 Å². The maximum Gasteiger partial charge on any atom is 0.126 e. The van der Waals surface area contributed by atoms with Gasteiger partial charge < -0.3 is 5.32 Å². The summed E-state index contributed by atoms with van der Waals surface area (Å²) in [6.45, 7) is 4.40. The monoisotopic (exact) mass is 266 g/mol. The summed E-state index contributed by atoms with van der Waals surface area (Å²) >= 11 is 7.59. The minimum Gasteiger partial charge on any atom is -0.362 e. The minimum absolute atomic E-state index is 0.295. The number of thiophene rings is 1. The lowest BCUT2D eigenvalue weighted by molar-refractivity contribution is 0.552. The molecule has 0 fully saturated rings. The highest BCUT2D eigenvalue weighted by atomic mass is 35.5. The van der Waals surface area contributed by atoms with Gasteiger partial charge >= 0.3 is 0 Å². The van der Waals surface area contributed by atoms with Crippen molar-refractivity contribution >= 4 is 28.8 Å². The van der Waals surface area contributed by atoms with Gasteiger partial charge in [0.2, 0.25) is 0 Å². The lowest BCUT2D eigenvalue weighted by Crippen LogP contribution is -2.16. The van der Waals surface area contributed by atoms with Crippen molar-refractivity contribution in [2.24, 2.45) is 5.92 Å². The largest absolute Gasteiger partial charge is 0.362 e. The van der Waals surface area contributed by atoms with Crippen molar-refractivity contribution in [3.05, 3.63) is 45.7 Å². The van der Waals surface area contributed by atoms with Crippen LogP contribution < -0.4 is 5.32 Å². The molecule has 2 nitrogen and oxygen atoms in total. The molecule has 0 spiro atoms. The molecule has 2 rings (SSSR count). The highest BCUT2D eigenvalue weighted by Crippen LogP contribution is 2.29. The van der Waals surface area contributed by atoms with Crippen LogP contribution in [0.15, 0.2) is 35.8 Å². The maximum absolute atomic E-state index is 5.82. The minimum atomic E-state index is 0.295. The van der Waals surface area contributed by atoms with Crippen molar-refractivity contribution in [1.82, 2.24) is 4.98 Å². The molecule has 2 heterocycles. The first-order valence-corrected chi connectivity index (χ1v) is 6.84. The highest BCUT2D eigenvalue weighted by molar-refractivity contribution is 7.10. The second-order valence-electron chi connectivity index (χ2n) is 4.24. The molecule has 0 amide bonds. The summed E-state index contributed by atoms with van der Waals surface area (Å²) in [6.07, 6.45) is 1.66. The fourth-order valence-corrected chi connectivity index (χ4v) is 2.72. The van der Waals surface area contributed by atoms with Crippen LogP contribution in [0.5, 0.6) is 0 Å². The zero-order valence-corrected chi connectivity index (χ0v) is 11.4. The lowest BCUT2D eigenvalue weighted by Gasteiger charge is -2.21. The molecular formula is C13H15ClN2S. The standard InChI is InChI=1S/C13H15ClN2S/c1-9(2)13(11-4-3-7-17-11)16-12-6-5-10(14)8-15-12/h3-9,13H,1-2H3,(H,15,16). The summed E-state index contributed by atoms with van der Waals surface area (Å²) < 4.78 is 0. The molecule has 0 aliphatic rings. The predicted octanol–water partition coefficient (Wildman–Crippen LogP) is 4.61. The van der Waals surface area contributed by atoms with E-state index in [-0.39, 0.29) is 0 Å². The SMILES string of the molecule is CC(C)C(Nc1ccc(Cl)cn1)c1cccs1. The number of aromatic nitrogens is 1. The normalized spacial score (nSPS) is 12.7. The van der Waals surface area contributed by atoms with E-state index in [1.165, 1.54) is 4.88 Å². The van der Waals surface area contributed by atoms with E-state index in [0.29, 0.717) is 17.0 Å². The molecule has 1 N–H and O–H groups in total. The van der Waals surface area contributed by atoms with E-state index >= 15 is 0 Å². The van der Waals surface area contributed by atoms with Gasteiger partial charge in [-0.3, -0.25) is 0 Å². The Morgan fingerprint density at radius 3 is 2.65 bits per heavy atom. The number of pyridine rings is 1. The Kier molecular flexibility index (Phi) is 4.02. The smallest absolute Gasteiger partial charge is 0.126 e. The number of hydrogen-bond donors (Lipinski definition) is 1. The van der Waals surface area contributed by atoms with Gasteiger partial charge in [0.15, 0.2) is 0 Å². The Bertz CT molecular complexity index is 451. The quantitative estimate of drug-likeness (QED) is 0.874. The van der Waals surface area contributed by atoms with Gasteiger partial charge in [-0.25, -0.2) is 4.98 Å². The van der Waals surface area contributed by atoms with Gasteiger partial charge in [-0.15, -0.1) is 11.3 Å². The molecule has 90 valence electrons. The summed E-state index contributed by atoms with van der Waals surface area (Å²) in [5.41, 5.74) is 0. The number of nitrogens with zero attached hydrogens (tertiary/aromatic N) is 1. The van der Waals surface area contributed by atoms with Gasteiger partial charge in [0.05, 0.1) is 11.1 Å². The van der Waals surface area contributed by atoms with Crippen molar-refractivity contribution in [2.75, 3.05) is 5.32 Å². The fourth-order valence-electron chi connectivity index (χ4n) is 1.66. The van der Waals surface area contributed by atoms with E-state index in [0.717, 1.165) is 5.82 Å². The molecule has 1 unspecified atom stereocenters. The summed E-state index contributed by atoms with van der Waals surface area (Å²) in [7, 11) is 0. The van der Waals surface area contributed by atoms with Crippen LogP contribution in [0.4, 0.5) is 5.82 Å². The molecule has 17 heavy (non-hydrogen) atoms. The molecule has 0 radical (unpaired) electrons. The zero-order valence-electron chi connectivity index (χ0n) is 9.85. The van der Waals surface area contributed by atoms with Gasteiger partial charge in [-0.2, -0.15) is 0 Å². The van der Waals surface area contributed by atoms with E-state index < -0.39 is 0 Å². The Morgan fingerprint density at radius 2 is 2.12 bits per heavy atom. The number of halogens is 1. The van der Waals surface area contributed by atoms with E-state index in [1.54, 1.807) is 17.5 Å². The van der Waals surface area contributed by atoms with Crippen molar-refractivity contribution in [3.8, 4) is 0 Å². The average Bonchev–Trinajstić information content (AvgIpc) is 2.81. The first-order chi connectivity index (χ1) is 8.16. The molecule has 0 aliphatic heterocycles. The van der Waals surface area contributed by atoms with E-state index in [2.05, 4.69) is 41.7 Å². The van der Waals surface area contributed by atoms with Crippen molar-refractivity contribution in [3.63, 3.8) is 0 Å². The van der Waals surface area contributed by atoms with E-state index in [1.807, 2.05) is 12.1 Å². The molecule has 0 aliphatic carbocycles. The van der Waals surface area contributed by atoms with Crippen LogP contribution in [0.2, 0.25) is 5.02 Å². The van der Waals surface area contributed by atoms with Crippen LogP contribution in [-0.4, -0.2) is 4.98 Å². The molecule has 2 aromatic heterocycles. The van der Waals surface area contributed by atoms with Gasteiger partial charge in [0.25, 0.3) is 0 Å². The third-order valence-corrected chi connectivity index (χ3v) is 3.73. The first-order valence-electron chi connectivity index (χ1n) is 5.58. The predicted molar refractivity (Wildman–Crippen MR) is 74.8 cm³/mol. The molecule has 0 saturated heterocycles. The molecular weight excluding hydrogens is 252 g/mol. The van der Waals surface area contributed by atoms with Gasteiger partial charge in [-0.1, -0.05) is 31.5 Å². The summed E-state index contributed by atoms with van der Waals surface area (Å²) in [5, 5.41) is 6.21. The fraction of sp³-hybridized carbons (Fsp3) is 0.308. The first kappa shape index (κ1) is 12.4. The Labute approximate surface area is 111 Å². The Hall–Kier alpha value is -1.06. The highest BCUT2D eigenvalue weighted by Gasteiger charge is 2.16. The average molecular weight is 267 g/mol. The second-order valence-corrected chi connectivity index (χ2v) is 5.66. The van der Waals surface area contributed by atoms with Gasteiger partial charge in [-0.05, 0) is 29.5 Å². The zero-order chi connectivity index (χ0) is 12.3. The van der Waals surface area contributed by atoms with E-state index in [9.17, 15) is 0 Å². The Balaban J connectivity index is 2.16. The lowest BCUT2D eigenvalue weighted by atomic mass is 10.0. The number of anilines is 1. The molecule has 2 aromatic rings. The number of hydrogen-bond acceptors (Lipinski definition) is 3. The Morgan fingerprint density at radius 1 is 1.29 bits per heavy atom. The summed E-state index contributed by atoms with van der Waals surface area (Å²) in [5.74, 6) is 1.37. The van der Waals surface area contributed by atoms with Crippen LogP contribution in [0.1, 0.15) is 24.8 Å². The van der Waals surface area contributed by atoms with Crippen LogP contribution in [-0.2, 0) is 0 Å². The summed E-state index contributed by atoms with van der Waals surface area (Å²) in [4.78, 5) is 5.60. The molecule has 1 atom stereocenters. The van der Waals surface area contributed by atoms with Gasteiger partial charge in [0, 0.05) is 11.1 Å².